The van der Waals surface area contributed by atoms with Crippen LogP contribution < -0.4 is 0 Å². The highest BCUT2D eigenvalue weighted by Crippen LogP contribution is 2.28. The second kappa shape index (κ2) is 7.29. The third-order valence-corrected chi connectivity index (χ3v) is 4.56. The average Bonchev–Trinajstić information content (AvgIpc) is 3.10. The van der Waals surface area contributed by atoms with Gasteiger partial charge in [-0.15, -0.1) is 0 Å². The van der Waals surface area contributed by atoms with E-state index in [0.717, 1.165) is 18.4 Å². The van der Waals surface area contributed by atoms with Crippen LogP contribution in [0.25, 0.3) is 0 Å². The normalized spacial score (nSPS) is 18.2. The fraction of sp³-hybridized carbons (Fsp3) is 0.300. The zero-order chi connectivity index (χ0) is 16.9. The second-order valence-electron chi connectivity index (χ2n) is 6.15. The number of carbonyl (C=O) groups is 1. The van der Waals surface area contributed by atoms with Crippen molar-refractivity contribution in [1.29, 1.82) is 5.26 Å². The van der Waals surface area contributed by atoms with Gasteiger partial charge in [-0.1, -0.05) is 36.4 Å². The molecule has 1 fully saturated rings. The summed E-state index contributed by atoms with van der Waals surface area (Å²) in [6, 6.07) is 18.4. The molecule has 0 radical (unpaired) electrons. The summed E-state index contributed by atoms with van der Waals surface area (Å²) < 4.78 is 0. The molecule has 0 aromatic heterocycles. The van der Waals surface area contributed by atoms with Crippen LogP contribution in [0.15, 0.2) is 54.6 Å². The van der Waals surface area contributed by atoms with Gasteiger partial charge in [0.15, 0.2) is 0 Å². The van der Waals surface area contributed by atoms with Gasteiger partial charge in [0, 0.05) is 18.2 Å². The quantitative estimate of drug-likeness (QED) is 0.940. The monoisotopic (exact) mass is 320 g/mol. The highest BCUT2D eigenvalue weighted by Gasteiger charge is 2.31. The fourth-order valence-electron chi connectivity index (χ4n) is 3.30. The first-order chi connectivity index (χ1) is 11.7. The topological polar surface area (TPSA) is 64.3 Å². The molecular formula is C20H20N2O2. The molecule has 1 aliphatic heterocycles. The van der Waals surface area contributed by atoms with Crippen LogP contribution in [0, 0.1) is 11.3 Å². The summed E-state index contributed by atoms with van der Waals surface area (Å²) in [5.41, 5.74) is 1.90. The predicted octanol–water partition coefficient (Wildman–Crippen LogP) is 3.29. The molecule has 1 saturated heterocycles. The van der Waals surface area contributed by atoms with Crippen molar-refractivity contribution in [2.75, 3.05) is 6.54 Å². The van der Waals surface area contributed by atoms with Crippen molar-refractivity contribution in [2.45, 2.75) is 31.4 Å². The Morgan fingerprint density at radius 2 is 2.04 bits per heavy atom. The minimum atomic E-state index is -0.574. The molecule has 24 heavy (non-hydrogen) atoms. The molecular weight excluding hydrogens is 300 g/mol. The van der Waals surface area contributed by atoms with E-state index < -0.39 is 6.10 Å². The van der Waals surface area contributed by atoms with E-state index in [-0.39, 0.29) is 11.9 Å². The molecule has 3 rings (SSSR count). The highest BCUT2D eigenvalue weighted by molar-refractivity contribution is 5.95. The Morgan fingerprint density at radius 3 is 2.79 bits per heavy atom. The third kappa shape index (κ3) is 3.47. The van der Waals surface area contributed by atoms with Gasteiger partial charge >= 0.3 is 0 Å². The molecule has 4 nitrogen and oxygen atoms in total. The molecule has 1 N–H and O–H groups in total. The average molecular weight is 320 g/mol. The maximum Gasteiger partial charge on any atom is 0.254 e. The molecule has 2 aromatic rings. The van der Waals surface area contributed by atoms with Crippen molar-refractivity contribution < 1.29 is 9.90 Å². The van der Waals surface area contributed by atoms with Crippen LogP contribution in [0.3, 0.4) is 0 Å². The van der Waals surface area contributed by atoms with E-state index in [4.69, 9.17) is 5.26 Å². The summed E-state index contributed by atoms with van der Waals surface area (Å²) in [7, 11) is 0. The van der Waals surface area contributed by atoms with Crippen molar-refractivity contribution >= 4 is 5.91 Å². The number of benzene rings is 2. The lowest BCUT2D eigenvalue weighted by Crippen LogP contribution is -2.36. The van der Waals surface area contributed by atoms with E-state index in [0.29, 0.717) is 24.1 Å². The third-order valence-electron chi connectivity index (χ3n) is 4.56. The number of nitrogens with zero attached hydrogens (tertiary/aromatic N) is 2. The van der Waals surface area contributed by atoms with Crippen LogP contribution in [-0.4, -0.2) is 28.5 Å². The Labute approximate surface area is 142 Å². The van der Waals surface area contributed by atoms with Crippen molar-refractivity contribution in [2.24, 2.45) is 0 Å². The van der Waals surface area contributed by atoms with Crippen molar-refractivity contribution in [3.05, 3.63) is 71.3 Å². The summed E-state index contributed by atoms with van der Waals surface area (Å²) in [6.45, 7) is 0.696. The summed E-state index contributed by atoms with van der Waals surface area (Å²) in [6.07, 6.45) is 1.80. The minimum Gasteiger partial charge on any atom is -0.388 e. The van der Waals surface area contributed by atoms with Gasteiger partial charge < -0.3 is 10.0 Å². The van der Waals surface area contributed by atoms with Crippen LogP contribution in [0.2, 0.25) is 0 Å². The van der Waals surface area contributed by atoms with Crippen LogP contribution in [-0.2, 0) is 0 Å². The smallest absolute Gasteiger partial charge is 0.254 e. The first-order valence-electron chi connectivity index (χ1n) is 8.23. The summed E-state index contributed by atoms with van der Waals surface area (Å²) in [4.78, 5) is 14.6. The van der Waals surface area contributed by atoms with E-state index in [2.05, 4.69) is 6.07 Å². The Balaban J connectivity index is 1.73. The van der Waals surface area contributed by atoms with Gasteiger partial charge in [0.2, 0.25) is 0 Å². The molecule has 4 heteroatoms. The van der Waals surface area contributed by atoms with Crippen LogP contribution in [0.5, 0.6) is 0 Å². The predicted molar refractivity (Wildman–Crippen MR) is 91.2 cm³/mol. The largest absolute Gasteiger partial charge is 0.388 e. The zero-order valence-electron chi connectivity index (χ0n) is 13.4. The van der Waals surface area contributed by atoms with Crippen molar-refractivity contribution in [3.63, 3.8) is 0 Å². The Morgan fingerprint density at radius 1 is 1.25 bits per heavy atom. The molecule has 2 unspecified atom stereocenters. The van der Waals surface area contributed by atoms with E-state index >= 15 is 0 Å². The second-order valence-corrected chi connectivity index (χ2v) is 6.15. The van der Waals surface area contributed by atoms with Crippen molar-refractivity contribution in [3.8, 4) is 6.07 Å². The lowest BCUT2D eigenvalue weighted by atomic mass is 10.00. The summed E-state index contributed by atoms with van der Waals surface area (Å²) in [5, 5.41) is 19.5. The number of aliphatic hydroxyl groups is 1. The maximum atomic E-state index is 12.8. The number of hydrogen-bond donors (Lipinski definition) is 1. The number of amides is 1. The number of rotatable bonds is 4. The van der Waals surface area contributed by atoms with E-state index in [9.17, 15) is 9.90 Å². The van der Waals surface area contributed by atoms with E-state index in [1.807, 2.05) is 35.2 Å². The molecule has 1 aliphatic rings. The Kier molecular flexibility index (Phi) is 4.93. The molecule has 0 aliphatic carbocycles. The molecule has 0 bridgehead atoms. The molecule has 1 heterocycles. The standard InChI is InChI=1S/C20H20N2O2/c21-14-15-6-4-9-17(12-15)20(24)22-11-5-10-18(22)13-19(23)16-7-2-1-3-8-16/h1-4,6-9,12,18-19,23H,5,10-11,13H2. The molecule has 2 atom stereocenters. The maximum absolute atomic E-state index is 12.8. The van der Waals surface area contributed by atoms with Crippen molar-refractivity contribution in [1.82, 2.24) is 4.90 Å². The lowest BCUT2D eigenvalue weighted by Gasteiger charge is -2.27. The fourth-order valence-corrected chi connectivity index (χ4v) is 3.30. The molecule has 122 valence electrons. The number of carbonyl (C=O) groups excluding carboxylic acids is 1. The van der Waals surface area contributed by atoms with Gasteiger partial charge in [-0.05, 0) is 43.0 Å². The van der Waals surface area contributed by atoms with E-state index in [1.165, 1.54) is 0 Å². The molecule has 0 spiro atoms. The Hall–Kier alpha value is -2.64. The minimum absolute atomic E-state index is 0.0263. The van der Waals surface area contributed by atoms with Crippen LogP contribution in [0.4, 0.5) is 0 Å². The number of nitriles is 1. The van der Waals surface area contributed by atoms with Gasteiger partial charge in [-0.2, -0.15) is 5.26 Å². The molecule has 0 saturated carbocycles. The number of hydrogen-bond acceptors (Lipinski definition) is 3. The van der Waals surface area contributed by atoms with E-state index in [1.54, 1.807) is 24.3 Å². The highest BCUT2D eigenvalue weighted by atomic mass is 16.3. The first-order valence-corrected chi connectivity index (χ1v) is 8.23. The Bertz CT molecular complexity index is 752. The van der Waals surface area contributed by atoms with Gasteiger partial charge in [-0.25, -0.2) is 0 Å². The SMILES string of the molecule is N#Cc1cccc(C(=O)N2CCCC2CC(O)c2ccccc2)c1. The summed E-state index contributed by atoms with van der Waals surface area (Å²) >= 11 is 0. The van der Waals surface area contributed by atoms with Gasteiger partial charge in [0.1, 0.15) is 0 Å². The van der Waals surface area contributed by atoms with Gasteiger partial charge in [0.05, 0.1) is 17.7 Å². The zero-order valence-corrected chi connectivity index (χ0v) is 13.4. The van der Waals surface area contributed by atoms with Crippen LogP contribution in [0.1, 0.15) is 46.9 Å². The number of likely N-dealkylation sites (tertiary alicyclic amines) is 1. The lowest BCUT2D eigenvalue weighted by molar-refractivity contribution is 0.0667. The molecule has 1 amide bonds. The molecule has 2 aromatic carbocycles. The van der Waals surface area contributed by atoms with Gasteiger partial charge in [-0.3, -0.25) is 4.79 Å². The van der Waals surface area contributed by atoms with Gasteiger partial charge in [0.25, 0.3) is 5.91 Å². The summed E-state index contributed by atoms with van der Waals surface area (Å²) in [5.74, 6) is -0.0603. The number of aliphatic hydroxyl groups excluding tert-OH is 1. The first kappa shape index (κ1) is 16.2. The van der Waals surface area contributed by atoms with Crippen LogP contribution >= 0.6 is 0 Å².